The van der Waals surface area contributed by atoms with Crippen molar-refractivity contribution in [2.75, 3.05) is 0 Å². The molecule has 17 heavy (non-hydrogen) atoms. The molecule has 0 amide bonds. The van der Waals surface area contributed by atoms with Crippen molar-refractivity contribution in [2.24, 2.45) is 0 Å². The SMILES string of the molecule is CC(C)c1cccc2ccc(OS(=O)[O-])c-2c1. The molecular formula is C13H13O3S-. The zero-order valence-corrected chi connectivity index (χ0v) is 10.5. The van der Waals surface area contributed by atoms with Crippen LogP contribution in [0.2, 0.25) is 0 Å². The first-order valence-electron chi connectivity index (χ1n) is 5.38. The van der Waals surface area contributed by atoms with Crippen molar-refractivity contribution in [3.63, 3.8) is 0 Å². The van der Waals surface area contributed by atoms with Gasteiger partial charge in [-0.3, -0.25) is 0 Å². The lowest BCUT2D eigenvalue weighted by Gasteiger charge is -2.08. The highest BCUT2D eigenvalue weighted by atomic mass is 32.2. The molecule has 0 bridgehead atoms. The van der Waals surface area contributed by atoms with Gasteiger partial charge in [0, 0.05) is 5.56 Å². The van der Waals surface area contributed by atoms with Crippen LogP contribution in [0.5, 0.6) is 5.75 Å². The molecule has 1 unspecified atom stereocenters. The highest BCUT2D eigenvalue weighted by molar-refractivity contribution is 7.74. The highest BCUT2D eigenvalue weighted by Crippen LogP contribution is 2.35. The molecule has 0 aromatic rings. The number of rotatable bonds is 3. The summed E-state index contributed by atoms with van der Waals surface area (Å²) in [6, 6.07) is 11.4. The molecule has 0 saturated heterocycles. The van der Waals surface area contributed by atoms with E-state index in [4.69, 9.17) is 4.18 Å². The Labute approximate surface area is 103 Å². The van der Waals surface area contributed by atoms with Crippen molar-refractivity contribution in [3.8, 4) is 16.9 Å². The standard InChI is InChI=1S/C13H14O3S/c1-9(2)11-5-3-4-10-6-7-13(12(10)8-11)16-17(14)15/h3-9H,1-2H3,(H,14,15)/p-1. The Balaban J connectivity index is 2.52. The molecule has 90 valence electrons. The molecule has 0 heterocycles. The van der Waals surface area contributed by atoms with Crippen LogP contribution in [0.3, 0.4) is 0 Å². The van der Waals surface area contributed by atoms with Gasteiger partial charge < -0.3 is 8.74 Å². The van der Waals surface area contributed by atoms with E-state index in [9.17, 15) is 8.76 Å². The number of hydrogen-bond donors (Lipinski definition) is 0. The van der Waals surface area contributed by atoms with Crippen LogP contribution >= 0.6 is 0 Å². The lowest BCUT2D eigenvalue weighted by Crippen LogP contribution is -1.97. The molecular weight excluding hydrogens is 236 g/mol. The van der Waals surface area contributed by atoms with Crippen LogP contribution in [0, 0.1) is 0 Å². The molecule has 2 aliphatic carbocycles. The lowest BCUT2D eigenvalue weighted by atomic mass is 10.0. The number of hydrogen-bond acceptors (Lipinski definition) is 3. The molecule has 0 aromatic carbocycles. The Bertz CT molecular complexity index is 522. The Kier molecular flexibility index (Phi) is 3.45. The van der Waals surface area contributed by atoms with Gasteiger partial charge in [-0.25, -0.2) is 4.21 Å². The average molecular weight is 249 g/mol. The lowest BCUT2D eigenvalue weighted by molar-refractivity contribution is 0.441. The van der Waals surface area contributed by atoms with Crippen molar-refractivity contribution in [1.29, 1.82) is 0 Å². The predicted molar refractivity (Wildman–Crippen MR) is 66.7 cm³/mol. The van der Waals surface area contributed by atoms with E-state index in [1.807, 2.05) is 30.3 Å². The largest absolute Gasteiger partial charge is 0.740 e. The minimum Gasteiger partial charge on any atom is -0.740 e. The Morgan fingerprint density at radius 2 is 2.00 bits per heavy atom. The van der Waals surface area contributed by atoms with Crippen LogP contribution in [0.1, 0.15) is 25.3 Å². The van der Waals surface area contributed by atoms with Crippen LogP contribution in [-0.2, 0) is 11.4 Å². The molecule has 0 spiro atoms. The fraction of sp³-hybridized carbons (Fsp3) is 0.231. The number of fused-ring (bicyclic) bond motifs is 1. The first-order valence-corrected chi connectivity index (χ1v) is 6.38. The Morgan fingerprint density at radius 1 is 1.24 bits per heavy atom. The van der Waals surface area contributed by atoms with E-state index >= 15 is 0 Å². The van der Waals surface area contributed by atoms with Crippen molar-refractivity contribution in [1.82, 2.24) is 0 Å². The van der Waals surface area contributed by atoms with Gasteiger partial charge in [-0.05, 0) is 29.2 Å². The first-order chi connectivity index (χ1) is 8.08. The van der Waals surface area contributed by atoms with Crippen molar-refractivity contribution < 1.29 is 12.9 Å². The molecule has 1 atom stereocenters. The summed E-state index contributed by atoms with van der Waals surface area (Å²) in [7, 11) is 0. The van der Waals surface area contributed by atoms with Crippen LogP contribution in [-0.4, -0.2) is 8.76 Å². The van der Waals surface area contributed by atoms with Crippen molar-refractivity contribution in [3.05, 3.63) is 42.0 Å². The van der Waals surface area contributed by atoms with Gasteiger partial charge in [0.1, 0.15) is 17.1 Å². The van der Waals surface area contributed by atoms with Gasteiger partial charge in [0.2, 0.25) is 0 Å². The van der Waals surface area contributed by atoms with Gasteiger partial charge in [-0.2, -0.15) is 0 Å². The Hall–Kier alpha value is -1.39. The minimum atomic E-state index is -2.53. The summed E-state index contributed by atoms with van der Waals surface area (Å²) in [5, 5.41) is 0. The second-order valence-corrected chi connectivity index (χ2v) is 4.75. The zero-order chi connectivity index (χ0) is 12.4. The van der Waals surface area contributed by atoms with Gasteiger partial charge in [0.15, 0.2) is 0 Å². The van der Waals surface area contributed by atoms with Crippen LogP contribution < -0.4 is 4.18 Å². The smallest absolute Gasteiger partial charge is 0.147 e. The molecule has 3 nitrogen and oxygen atoms in total. The second kappa shape index (κ2) is 4.85. The summed E-state index contributed by atoms with van der Waals surface area (Å²) < 4.78 is 25.9. The van der Waals surface area contributed by atoms with E-state index < -0.39 is 11.4 Å². The third-order valence-electron chi connectivity index (χ3n) is 2.69. The fourth-order valence-corrected chi connectivity index (χ4v) is 2.06. The maximum Gasteiger partial charge on any atom is 0.147 e. The minimum absolute atomic E-state index is 0.381. The van der Waals surface area contributed by atoms with E-state index in [0.717, 1.165) is 16.7 Å². The Morgan fingerprint density at radius 3 is 2.65 bits per heavy atom. The quantitative estimate of drug-likeness (QED) is 0.785. The third kappa shape index (κ3) is 2.65. The van der Waals surface area contributed by atoms with Crippen LogP contribution in [0.4, 0.5) is 0 Å². The molecule has 0 N–H and O–H groups in total. The van der Waals surface area contributed by atoms with Crippen molar-refractivity contribution in [2.45, 2.75) is 19.8 Å². The monoisotopic (exact) mass is 249 g/mol. The topological polar surface area (TPSA) is 49.4 Å². The van der Waals surface area contributed by atoms with E-state index in [1.165, 1.54) is 0 Å². The third-order valence-corrected chi connectivity index (χ3v) is 3.01. The first kappa shape index (κ1) is 12.1. The van der Waals surface area contributed by atoms with E-state index in [-0.39, 0.29) is 0 Å². The molecule has 0 aromatic heterocycles. The van der Waals surface area contributed by atoms with Crippen LogP contribution in [0.15, 0.2) is 36.4 Å². The van der Waals surface area contributed by atoms with Gasteiger partial charge in [0.05, 0.1) is 0 Å². The summed E-state index contributed by atoms with van der Waals surface area (Å²) in [5.74, 6) is 0.762. The maximum absolute atomic E-state index is 10.6. The van der Waals surface area contributed by atoms with Crippen molar-refractivity contribution >= 4 is 11.4 Å². The molecule has 4 heteroatoms. The second-order valence-electron chi connectivity index (χ2n) is 4.18. The summed E-state index contributed by atoms with van der Waals surface area (Å²) in [5.41, 5.74) is 2.94. The molecule has 2 rings (SSSR count). The normalized spacial score (nSPS) is 12.9. The zero-order valence-electron chi connectivity index (χ0n) is 9.67. The van der Waals surface area contributed by atoms with Gasteiger partial charge >= 0.3 is 0 Å². The molecule has 0 radical (unpaired) electrons. The highest BCUT2D eigenvalue weighted by Gasteiger charge is 2.11. The fourth-order valence-electron chi connectivity index (χ4n) is 1.77. The maximum atomic E-state index is 10.6. The van der Waals surface area contributed by atoms with Crippen LogP contribution in [0.25, 0.3) is 11.1 Å². The summed E-state index contributed by atoms with van der Waals surface area (Å²) in [6.45, 7) is 4.19. The van der Waals surface area contributed by atoms with Gasteiger partial charge in [0.25, 0.3) is 0 Å². The summed E-state index contributed by atoms with van der Waals surface area (Å²) in [6.07, 6.45) is 0. The van der Waals surface area contributed by atoms with E-state index in [2.05, 4.69) is 13.8 Å². The predicted octanol–water partition coefficient (Wildman–Crippen LogP) is 3.09. The average Bonchev–Trinajstić information content (AvgIpc) is 2.50. The molecule has 2 aliphatic rings. The molecule has 0 aliphatic heterocycles. The summed E-state index contributed by atoms with van der Waals surface area (Å²) in [4.78, 5) is 0. The van der Waals surface area contributed by atoms with Gasteiger partial charge in [-0.1, -0.05) is 38.1 Å². The van der Waals surface area contributed by atoms with E-state index in [1.54, 1.807) is 6.07 Å². The molecule has 0 saturated carbocycles. The molecule has 0 fully saturated rings. The van der Waals surface area contributed by atoms with E-state index in [0.29, 0.717) is 11.7 Å². The summed E-state index contributed by atoms with van der Waals surface area (Å²) >= 11 is -2.53. The van der Waals surface area contributed by atoms with Gasteiger partial charge in [-0.15, -0.1) is 0 Å².